The fraction of sp³-hybridized carbons (Fsp3) is 0.273. The average molecular weight is 507 g/mol. The fourth-order valence-corrected chi connectivity index (χ4v) is 39.8. The molecule has 5 heteroatoms. The summed E-state index contributed by atoms with van der Waals surface area (Å²) >= 11 is -3.65. The minimum atomic E-state index is -3.65. The Bertz CT molecular complexity index is 955. The van der Waals surface area contributed by atoms with Crippen molar-refractivity contribution in [2.75, 3.05) is 0 Å². The number of halogens is 2. The van der Waals surface area contributed by atoms with Gasteiger partial charge in [-0.05, 0) is 0 Å². The Morgan fingerprint density at radius 2 is 1.04 bits per heavy atom. The zero-order valence-electron chi connectivity index (χ0n) is 16.2. The van der Waals surface area contributed by atoms with E-state index in [1.807, 2.05) is 0 Å². The predicted octanol–water partition coefficient (Wildman–Crippen LogP) is 7.31. The first kappa shape index (κ1) is 18.8. The molecule has 0 saturated carbocycles. The summed E-state index contributed by atoms with van der Waals surface area (Å²) < 4.78 is 0.601. The van der Waals surface area contributed by atoms with Gasteiger partial charge in [-0.3, -0.25) is 0 Å². The summed E-state index contributed by atoms with van der Waals surface area (Å²) in [6.45, 7) is 10.4. The third kappa shape index (κ3) is 2.36. The van der Waals surface area contributed by atoms with Crippen LogP contribution in [0.4, 0.5) is 0 Å². The average Bonchev–Trinajstić information content (AvgIpc) is 3.20. The van der Waals surface area contributed by atoms with Crippen LogP contribution in [0.5, 0.6) is 0 Å². The third-order valence-corrected chi connectivity index (χ3v) is 39.0. The van der Waals surface area contributed by atoms with Gasteiger partial charge in [-0.2, -0.15) is 0 Å². The maximum absolute atomic E-state index is 7.63. The van der Waals surface area contributed by atoms with Gasteiger partial charge >= 0.3 is 177 Å². The fourth-order valence-electron chi connectivity index (χ4n) is 5.45. The van der Waals surface area contributed by atoms with Crippen LogP contribution in [0.3, 0.4) is 0 Å². The van der Waals surface area contributed by atoms with Gasteiger partial charge in [0.05, 0.1) is 0 Å². The second kappa shape index (κ2) is 5.92. The molecule has 0 bridgehead atoms. The summed E-state index contributed by atoms with van der Waals surface area (Å²) in [7, 11) is 11.9. The molecule has 3 aliphatic rings. The summed E-state index contributed by atoms with van der Waals surface area (Å²) in [5, 5.41) is 3.29. The first-order chi connectivity index (χ1) is 12.7. The quantitative estimate of drug-likeness (QED) is 0.329. The van der Waals surface area contributed by atoms with Crippen molar-refractivity contribution >= 4 is 44.4 Å². The molecule has 2 aromatic rings. The van der Waals surface area contributed by atoms with Crippen molar-refractivity contribution in [3.8, 4) is 0 Å². The molecule has 2 aromatic carbocycles. The molecule has 0 aromatic heterocycles. The monoisotopic (exact) mass is 504 g/mol. The normalized spacial score (nSPS) is 28.2. The minimum absolute atomic E-state index is 0.300. The van der Waals surface area contributed by atoms with Gasteiger partial charge in [-0.15, -0.1) is 0 Å². The van der Waals surface area contributed by atoms with E-state index in [1.165, 1.54) is 22.3 Å². The number of hydrogen-bond donors (Lipinski definition) is 0. The van der Waals surface area contributed by atoms with Crippen LogP contribution in [0.2, 0.25) is 26.2 Å². The van der Waals surface area contributed by atoms with Crippen molar-refractivity contribution in [2.45, 2.75) is 33.4 Å². The van der Waals surface area contributed by atoms with Crippen LogP contribution >= 0.6 is 17.0 Å². The molecule has 27 heavy (non-hydrogen) atoms. The van der Waals surface area contributed by atoms with Gasteiger partial charge in [-0.1, -0.05) is 0 Å². The predicted molar refractivity (Wildman–Crippen MR) is 121 cm³/mol. The van der Waals surface area contributed by atoms with E-state index < -0.39 is 33.1 Å². The molecule has 0 nitrogen and oxygen atoms in total. The first-order valence-electron chi connectivity index (χ1n) is 9.67. The molecule has 0 radical (unpaired) electrons. The van der Waals surface area contributed by atoms with Crippen molar-refractivity contribution in [2.24, 2.45) is 0 Å². The molecular formula is C22H24Cl2Si2Zr. The van der Waals surface area contributed by atoms with E-state index in [0.717, 1.165) is 0 Å². The summed E-state index contributed by atoms with van der Waals surface area (Å²) in [6.07, 6.45) is 4.98. The van der Waals surface area contributed by atoms with E-state index in [0.29, 0.717) is 7.25 Å². The van der Waals surface area contributed by atoms with Gasteiger partial charge in [0.2, 0.25) is 0 Å². The Morgan fingerprint density at radius 1 is 0.667 bits per heavy atom. The maximum atomic E-state index is 7.63. The van der Waals surface area contributed by atoms with Crippen LogP contribution in [-0.4, -0.2) is 15.2 Å². The van der Waals surface area contributed by atoms with Crippen molar-refractivity contribution in [3.05, 3.63) is 81.2 Å². The Labute approximate surface area is 175 Å². The molecule has 0 amide bonds. The summed E-state index contributed by atoms with van der Waals surface area (Å²) in [4.78, 5) is 0. The molecular weight excluding hydrogens is 483 g/mol. The van der Waals surface area contributed by atoms with E-state index in [1.54, 1.807) is 10.4 Å². The zero-order valence-corrected chi connectivity index (χ0v) is 22.2. The number of fused-ring (bicyclic) bond motifs is 6. The van der Waals surface area contributed by atoms with E-state index >= 15 is 0 Å². The van der Waals surface area contributed by atoms with E-state index in [2.05, 4.69) is 86.9 Å². The van der Waals surface area contributed by atoms with Crippen LogP contribution < -0.4 is 0 Å². The van der Waals surface area contributed by atoms with E-state index in [4.69, 9.17) is 17.0 Å². The topological polar surface area (TPSA) is 0 Å². The number of hydrogen-bond acceptors (Lipinski definition) is 0. The van der Waals surface area contributed by atoms with Crippen molar-refractivity contribution in [3.63, 3.8) is 0 Å². The Hall–Kier alpha value is -0.183. The third-order valence-electron chi connectivity index (χ3n) is 7.63. The number of allylic oxidation sites excluding steroid dienone is 2. The van der Waals surface area contributed by atoms with Crippen molar-refractivity contribution in [1.29, 1.82) is 0 Å². The van der Waals surface area contributed by atoms with Crippen molar-refractivity contribution < 1.29 is 17.9 Å². The molecule has 0 spiro atoms. The molecule has 5 rings (SSSR count). The van der Waals surface area contributed by atoms with Crippen LogP contribution in [0, 0.1) is 0 Å². The van der Waals surface area contributed by atoms with Gasteiger partial charge in [-0.25, -0.2) is 0 Å². The van der Waals surface area contributed by atoms with Crippen molar-refractivity contribution in [1.82, 2.24) is 0 Å². The molecule has 2 atom stereocenters. The van der Waals surface area contributed by atoms with Crippen LogP contribution in [0.1, 0.15) is 29.5 Å². The van der Waals surface area contributed by atoms with Gasteiger partial charge < -0.3 is 0 Å². The van der Waals surface area contributed by atoms with E-state index in [-0.39, 0.29) is 0 Å². The molecule has 1 heterocycles. The Kier molecular flexibility index (Phi) is 4.13. The van der Waals surface area contributed by atoms with Crippen LogP contribution in [0.15, 0.2) is 58.9 Å². The standard InChI is InChI=1S/C22H24Si2.2ClH.Zr/c1-23(2,21-13-17-9-5-6-10-18(17)14-21)24(3,4)22-15-19-11-7-8-12-20(19)16-22;;;/h5-16H,1-4H3;2*1H;/q;;;+2/p-2. The molecule has 2 aliphatic carbocycles. The van der Waals surface area contributed by atoms with Gasteiger partial charge in [0.15, 0.2) is 0 Å². The molecule has 1 fully saturated rings. The molecule has 138 valence electrons. The molecule has 1 saturated heterocycles. The number of rotatable bonds is 0. The van der Waals surface area contributed by atoms with Gasteiger partial charge in [0.1, 0.15) is 0 Å². The number of benzene rings is 2. The van der Waals surface area contributed by atoms with Crippen LogP contribution in [-0.2, 0) is 17.9 Å². The van der Waals surface area contributed by atoms with Gasteiger partial charge in [0.25, 0.3) is 0 Å². The second-order valence-electron chi connectivity index (χ2n) is 9.25. The molecule has 0 N–H and O–H groups in total. The Morgan fingerprint density at radius 3 is 1.44 bits per heavy atom. The molecule has 1 aliphatic heterocycles. The zero-order chi connectivity index (χ0) is 19.2. The summed E-state index contributed by atoms with van der Waals surface area (Å²) in [6, 6.07) is 17.7. The Balaban J connectivity index is 1.85. The van der Waals surface area contributed by atoms with Gasteiger partial charge in [0, 0.05) is 0 Å². The summed E-state index contributed by atoms with van der Waals surface area (Å²) in [5.74, 6) is 0. The SMILES string of the molecule is C[Si]1(C)C2=Cc3ccccc3[CH]2[Zr]([Cl])([Cl])[CH]2C(=Cc3ccccc32)[Si]1(C)C. The van der Waals surface area contributed by atoms with E-state index in [9.17, 15) is 0 Å². The second-order valence-corrected chi connectivity index (χ2v) is 39.1. The molecule has 2 unspecified atom stereocenters. The first-order valence-corrected chi connectivity index (χ1v) is 25.8. The van der Waals surface area contributed by atoms with Crippen LogP contribution in [0.25, 0.3) is 12.2 Å². The summed E-state index contributed by atoms with van der Waals surface area (Å²) in [5.41, 5.74) is 5.54.